The van der Waals surface area contributed by atoms with Gasteiger partial charge in [0.05, 0.1) is 10.6 Å². The average molecular weight is 265 g/mol. The Bertz CT molecular complexity index is 376. The standard InChI is InChI=1S/C8H6BrClO3/c1-3-2-4(9)5(8(12)13)6(10)7(3)11/h2,11H,1H3,(H,12,13). The van der Waals surface area contributed by atoms with Gasteiger partial charge in [0.2, 0.25) is 0 Å². The molecule has 0 saturated carbocycles. The molecule has 0 fully saturated rings. The highest BCUT2D eigenvalue weighted by atomic mass is 79.9. The number of halogens is 2. The average Bonchev–Trinajstić information content (AvgIpc) is 1.99. The lowest BCUT2D eigenvalue weighted by atomic mass is 10.1. The lowest BCUT2D eigenvalue weighted by molar-refractivity contribution is 0.0695. The molecule has 0 spiro atoms. The molecule has 0 radical (unpaired) electrons. The van der Waals surface area contributed by atoms with Gasteiger partial charge in [-0.15, -0.1) is 0 Å². The molecule has 0 bridgehead atoms. The van der Waals surface area contributed by atoms with E-state index < -0.39 is 5.97 Å². The summed E-state index contributed by atoms with van der Waals surface area (Å²) in [6.07, 6.45) is 0. The number of carboxylic acid groups (broad SMARTS) is 1. The molecule has 1 aromatic rings. The second kappa shape index (κ2) is 3.55. The van der Waals surface area contributed by atoms with E-state index in [4.69, 9.17) is 16.7 Å². The molecule has 13 heavy (non-hydrogen) atoms. The number of benzene rings is 1. The molecule has 0 aromatic heterocycles. The Labute approximate surface area is 88.1 Å². The maximum absolute atomic E-state index is 10.7. The van der Waals surface area contributed by atoms with Crippen molar-refractivity contribution in [3.63, 3.8) is 0 Å². The zero-order valence-electron chi connectivity index (χ0n) is 6.64. The van der Waals surface area contributed by atoms with Crippen molar-refractivity contribution < 1.29 is 15.0 Å². The van der Waals surface area contributed by atoms with Crippen molar-refractivity contribution in [2.75, 3.05) is 0 Å². The van der Waals surface area contributed by atoms with E-state index in [1.54, 1.807) is 6.92 Å². The number of carboxylic acids is 1. The molecule has 0 aliphatic rings. The van der Waals surface area contributed by atoms with Crippen molar-refractivity contribution >= 4 is 33.5 Å². The predicted molar refractivity (Wildman–Crippen MR) is 52.5 cm³/mol. The summed E-state index contributed by atoms with van der Waals surface area (Å²) in [4.78, 5) is 10.7. The van der Waals surface area contributed by atoms with Crippen LogP contribution in [0.15, 0.2) is 10.5 Å². The Kier molecular flexibility index (Phi) is 2.83. The number of hydrogen-bond donors (Lipinski definition) is 2. The SMILES string of the molecule is Cc1cc(Br)c(C(=O)O)c(Cl)c1O. The fourth-order valence-electron chi connectivity index (χ4n) is 0.923. The fourth-order valence-corrected chi connectivity index (χ4v) is 2.08. The van der Waals surface area contributed by atoms with Crippen molar-refractivity contribution in [3.8, 4) is 5.75 Å². The second-order valence-electron chi connectivity index (χ2n) is 2.52. The molecule has 0 amide bonds. The fraction of sp³-hybridized carbons (Fsp3) is 0.125. The zero-order valence-corrected chi connectivity index (χ0v) is 8.98. The number of phenols is 1. The Hall–Kier alpha value is -0.740. The first kappa shape index (κ1) is 10.3. The van der Waals surface area contributed by atoms with Crippen LogP contribution < -0.4 is 0 Å². The summed E-state index contributed by atoms with van der Waals surface area (Å²) in [6, 6.07) is 1.50. The molecule has 0 saturated heterocycles. The summed E-state index contributed by atoms with van der Waals surface area (Å²) in [5.74, 6) is -1.37. The van der Waals surface area contributed by atoms with Gasteiger partial charge >= 0.3 is 5.97 Å². The van der Waals surface area contributed by atoms with Crippen molar-refractivity contribution in [1.29, 1.82) is 0 Å². The highest BCUT2D eigenvalue weighted by molar-refractivity contribution is 9.10. The zero-order chi connectivity index (χ0) is 10.2. The molecule has 1 aromatic carbocycles. The molecule has 70 valence electrons. The first-order valence-corrected chi connectivity index (χ1v) is 4.53. The molecule has 0 aliphatic carbocycles. The lowest BCUT2D eigenvalue weighted by Gasteiger charge is -2.06. The van der Waals surface area contributed by atoms with Crippen LogP contribution >= 0.6 is 27.5 Å². The monoisotopic (exact) mass is 264 g/mol. The highest BCUT2D eigenvalue weighted by Gasteiger charge is 2.18. The van der Waals surface area contributed by atoms with Gasteiger partial charge < -0.3 is 10.2 Å². The third-order valence-corrected chi connectivity index (χ3v) is 2.59. The van der Waals surface area contributed by atoms with E-state index in [-0.39, 0.29) is 16.3 Å². The smallest absolute Gasteiger partial charge is 0.338 e. The van der Waals surface area contributed by atoms with Gasteiger partial charge in [0, 0.05) is 4.47 Å². The summed E-state index contributed by atoms with van der Waals surface area (Å²) in [5, 5.41) is 17.9. The summed E-state index contributed by atoms with van der Waals surface area (Å²) in [6.45, 7) is 1.64. The Balaban J connectivity index is 3.53. The van der Waals surface area contributed by atoms with Crippen LogP contribution in [-0.2, 0) is 0 Å². The summed E-state index contributed by atoms with van der Waals surface area (Å²) >= 11 is 8.69. The molecule has 0 aliphatic heterocycles. The Morgan fingerprint density at radius 1 is 1.62 bits per heavy atom. The Morgan fingerprint density at radius 3 is 2.62 bits per heavy atom. The predicted octanol–water partition coefficient (Wildman–Crippen LogP) is 2.81. The molecule has 0 atom stereocenters. The van der Waals surface area contributed by atoms with Crippen LogP contribution in [0.2, 0.25) is 5.02 Å². The van der Waals surface area contributed by atoms with Crippen LogP contribution in [0.5, 0.6) is 5.75 Å². The van der Waals surface area contributed by atoms with E-state index in [0.29, 0.717) is 10.0 Å². The molecule has 3 nitrogen and oxygen atoms in total. The Morgan fingerprint density at radius 2 is 2.15 bits per heavy atom. The first-order valence-electron chi connectivity index (χ1n) is 3.36. The maximum atomic E-state index is 10.7. The number of carbonyl (C=O) groups is 1. The van der Waals surface area contributed by atoms with E-state index >= 15 is 0 Å². The van der Waals surface area contributed by atoms with Crippen LogP contribution in [0.25, 0.3) is 0 Å². The highest BCUT2D eigenvalue weighted by Crippen LogP contribution is 2.35. The van der Waals surface area contributed by atoms with Crippen LogP contribution in [0, 0.1) is 6.92 Å². The third kappa shape index (κ3) is 1.78. The quantitative estimate of drug-likeness (QED) is 0.821. The largest absolute Gasteiger partial charge is 0.506 e. The molecular weight excluding hydrogens is 259 g/mol. The topological polar surface area (TPSA) is 57.5 Å². The molecule has 5 heteroatoms. The first-order chi connectivity index (χ1) is 5.95. The van der Waals surface area contributed by atoms with E-state index in [0.717, 1.165) is 0 Å². The number of aromatic carboxylic acids is 1. The van der Waals surface area contributed by atoms with Crippen LogP contribution in [0.3, 0.4) is 0 Å². The van der Waals surface area contributed by atoms with Gasteiger partial charge in [-0.2, -0.15) is 0 Å². The lowest BCUT2D eigenvalue weighted by Crippen LogP contribution is -1.99. The van der Waals surface area contributed by atoms with Crippen molar-refractivity contribution in [1.82, 2.24) is 0 Å². The van der Waals surface area contributed by atoms with Crippen LogP contribution in [0.1, 0.15) is 15.9 Å². The van der Waals surface area contributed by atoms with Crippen molar-refractivity contribution in [2.45, 2.75) is 6.92 Å². The minimum absolute atomic E-state index is 0.121. The van der Waals surface area contributed by atoms with Gasteiger partial charge in [-0.1, -0.05) is 11.6 Å². The van der Waals surface area contributed by atoms with E-state index in [1.807, 2.05) is 0 Å². The number of aromatic hydroxyl groups is 1. The van der Waals surface area contributed by atoms with Crippen molar-refractivity contribution in [3.05, 3.63) is 26.7 Å². The van der Waals surface area contributed by atoms with Gasteiger partial charge in [-0.05, 0) is 34.5 Å². The summed E-state index contributed by atoms with van der Waals surface area (Å²) in [7, 11) is 0. The molecule has 1 rings (SSSR count). The van der Waals surface area contributed by atoms with Gasteiger partial charge in [-0.3, -0.25) is 0 Å². The third-order valence-electron chi connectivity index (χ3n) is 1.60. The summed E-state index contributed by atoms with van der Waals surface area (Å²) < 4.78 is 0.361. The van der Waals surface area contributed by atoms with E-state index in [9.17, 15) is 9.90 Å². The molecular formula is C8H6BrClO3. The minimum atomic E-state index is -1.17. The number of hydrogen-bond acceptors (Lipinski definition) is 2. The van der Waals surface area contributed by atoms with E-state index in [1.165, 1.54) is 6.07 Å². The minimum Gasteiger partial charge on any atom is -0.506 e. The molecule has 0 unspecified atom stereocenters. The number of aryl methyl sites for hydroxylation is 1. The van der Waals surface area contributed by atoms with Crippen molar-refractivity contribution in [2.24, 2.45) is 0 Å². The van der Waals surface area contributed by atoms with Gasteiger partial charge in [0.1, 0.15) is 5.75 Å². The van der Waals surface area contributed by atoms with Crippen LogP contribution in [0.4, 0.5) is 0 Å². The number of phenolic OH excluding ortho intramolecular Hbond substituents is 1. The molecule has 0 heterocycles. The normalized spacial score (nSPS) is 10.1. The van der Waals surface area contributed by atoms with Gasteiger partial charge in [0.15, 0.2) is 0 Å². The second-order valence-corrected chi connectivity index (χ2v) is 3.75. The van der Waals surface area contributed by atoms with Gasteiger partial charge in [-0.25, -0.2) is 4.79 Å². The summed E-state index contributed by atoms with van der Waals surface area (Å²) in [5.41, 5.74) is 0.409. The van der Waals surface area contributed by atoms with Gasteiger partial charge in [0.25, 0.3) is 0 Å². The van der Waals surface area contributed by atoms with Crippen LogP contribution in [-0.4, -0.2) is 16.2 Å². The maximum Gasteiger partial charge on any atom is 0.338 e. The van der Waals surface area contributed by atoms with E-state index in [2.05, 4.69) is 15.9 Å². The number of rotatable bonds is 1. The molecule has 2 N–H and O–H groups in total.